The zero-order chi connectivity index (χ0) is 15.2. The number of ether oxygens (including phenoxy) is 2. The summed E-state index contributed by atoms with van der Waals surface area (Å²) in [5, 5.41) is 2.15. The van der Waals surface area contributed by atoms with Crippen LogP contribution in [0, 0.1) is 0 Å². The number of carbonyl (C=O) groups is 1. The number of rotatable bonds is 7. The molecule has 0 aliphatic heterocycles. The fourth-order valence-electron chi connectivity index (χ4n) is 1.54. The number of amides is 1. The summed E-state index contributed by atoms with van der Waals surface area (Å²) in [5.74, 6) is -2.59. The maximum Gasteiger partial charge on any atom is 0.277 e. The molecule has 21 heavy (non-hydrogen) atoms. The lowest BCUT2D eigenvalue weighted by atomic mass is 10.1. The molecule has 0 aliphatic rings. The smallest absolute Gasteiger partial charge is 0.277 e. The number of hydrogen-bond donors (Lipinski definition) is 2. The quantitative estimate of drug-likeness (QED) is 0.794. The number of methoxy groups -OCH3 is 2. The molecule has 8 heteroatoms. The van der Waals surface area contributed by atoms with Gasteiger partial charge < -0.3 is 20.5 Å². The van der Waals surface area contributed by atoms with Crippen LogP contribution in [0.2, 0.25) is 0 Å². The molecule has 1 aromatic rings. The summed E-state index contributed by atoms with van der Waals surface area (Å²) in [5.41, 5.74) is 5.52. The van der Waals surface area contributed by atoms with Crippen molar-refractivity contribution in [3.05, 3.63) is 23.8 Å². The first-order chi connectivity index (χ1) is 9.41. The van der Waals surface area contributed by atoms with Crippen molar-refractivity contribution in [1.29, 1.82) is 0 Å². The van der Waals surface area contributed by atoms with Crippen molar-refractivity contribution in [3.63, 3.8) is 0 Å². The van der Waals surface area contributed by atoms with E-state index in [4.69, 9.17) is 15.2 Å². The van der Waals surface area contributed by atoms with Gasteiger partial charge in [-0.25, -0.2) is 8.78 Å². The highest BCUT2D eigenvalue weighted by Gasteiger charge is 2.27. The predicted octanol–water partition coefficient (Wildman–Crippen LogP) is 1.38. The Morgan fingerprint density at radius 2 is 1.90 bits per heavy atom. The Balaban J connectivity index is 0.00000400. The molecular formula is C13H19ClF2N2O3. The van der Waals surface area contributed by atoms with E-state index >= 15 is 0 Å². The summed E-state index contributed by atoms with van der Waals surface area (Å²) in [6, 6.07) is 4.94. The fraction of sp³-hybridized carbons (Fsp3) is 0.462. The van der Waals surface area contributed by atoms with E-state index in [-0.39, 0.29) is 18.8 Å². The molecule has 0 heterocycles. The SMILES string of the molecule is COc1ccc(CC(=O)NCC(F)(F)CN)cc1OC.Cl. The average Bonchev–Trinajstić information content (AvgIpc) is 2.45. The largest absolute Gasteiger partial charge is 0.493 e. The van der Waals surface area contributed by atoms with Crippen LogP contribution in [0.1, 0.15) is 5.56 Å². The molecular weight excluding hydrogens is 306 g/mol. The van der Waals surface area contributed by atoms with E-state index in [0.717, 1.165) is 0 Å². The molecule has 0 fully saturated rings. The number of alkyl halides is 2. The molecule has 1 amide bonds. The van der Waals surface area contributed by atoms with Crippen LogP contribution < -0.4 is 20.5 Å². The van der Waals surface area contributed by atoms with Gasteiger partial charge in [0.1, 0.15) is 0 Å². The van der Waals surface area contributed by atoms with E-state index in [2.05, 4.69) is 5.32 Å². The Hall–Kier alpha value is -1.60. The standard InChI is InChI=1S/C13H18F2N2O3.ClH/c1-19-10-4-3-9(5-11(10)20-2)6-12(18)17-8-13(14,15)7-16;/h3-5H,6-8,16H2,1-2H3,(H,17,18);1H. The van der Waals surface area contributed by atoms with Crippen LogP contribution in [0.4, 0.5) is 8.78 Å². The molecule has 0 radical (unpaired) electrons. The number of carbonyl (C=O) groups excluding carboxylic acids is 1. The van der Waals surface area contributed by atoms with Crippen molar-refractivity contribution in [2.24, 2.45) is 5.73 Å². The number of nitrogens with two attached hydrogens (primary N) is 1. The molecule has 0 unspecified atom stereocenters. The lowest BCUT2D eigenvalue weighted by Crippen LogP contribution is -2.42. The van der Waals surface area contributed by atoms with Crippen LogP contribution >= 0.6 is 12.4 Å². The zero-order valence-corrected chi connectivity index (χ0v) is 12.6. The number of hydrogen-bond acceptors (Lipinski definition) is 4. The molecule has 0 saturated heterocycles. The summed E-state index contributed by atoms with van der Waals surface area (Å²) in [7, 11) is 2.97. The van der Waals surface area contributed by atoms with Crippen molar-refractivity contribution >= 4 is 18.3 Å². The van der Waals surface area contributed by atoms with E-state index in [1.54, 1.807) is 18.2 Å². The van der Waals surface area contributed by atoms with Gasteiger partial charge in [-0.1, -0.05) is 6.07 Å². The van der Waals surface area contributed by atoms with Crippen molar-refractivity contribution in [3.8, 4) is 11.5 Å². The highest BCUT2D eigenvalue weighted by atomic mass is 35.5. The normalized spacial score (nSPS) is 10.5. The minimum atomic E-state index is -3.09. The van der Waals surface area contributed by atoms with Crippen LogP contribution in [0.3, 0.4) is 0 Å². The highest BCUT2D eigenvalue weighted by Crippen LogP contribution is 2.27. The molecule has 0 atom stereocenters. The second kappa shape index (κ2) is 8.63. The number of nitrogens with one attached hydrogen (secondary N) is 1. The summed E-state index contributed by atoms with van der Waals surface area (Å²) >= 11 is 0. The van der Waals surface area contributed by atoms with E-state index in [0.29, 0.717) is 17.1 Å². The monoisotopic (exact) mass is 324 g/mol. The molecule has 0 saturated carbocycles. The topological polar surface area (TPSA) is 73.6 Å². The van der Waals surface area contributed by atoms with Crippen LogP contribution in [0.5, 0.6) is 11.5 Å². The van der Waals surface area contributed by atoms with Crippen LogP contribution in [-0.4, -0.2) is 39.1 Å². The molecule has 0 aromatic heterocycles. The highest BCUT2D eigenvalue weighted by molar-refractivity contribution is 5.85. The molecule has 120 valence electrons. The molecule has 5 nitrogen and oxygen atoms in total. The van der Waals surface area contributed by atoms with Crippen molar-refractivity contribution in [1.82, 2.24) is 5.32 Å². The average molecular weight is 325 g/mol. The first-order valence-corrected chi connectivity index (χ1v) is 5.97. The van der Waals surface area contributed by atoms with Gasteiger partial charge in [0, 0.05) is 0 Å². The van der Waals surface area contributed by atoms with Gasteiger partial charge in [-0.3, -0.25) is 4.79 Å². The van der Waals surface area contributed by atoms with Crippen LogP contribution in [0.15, 0.2) is 18.2 Å². The summed E-state index contributed by atoms with van der Waals surface area (Å²) in [6.45, 7) is -1.57. The molecule has 3 N–H and O–H groups in total. The second-order valence-corrected chi connectivity index (χ2v) is 4.20. The van der Waals surface area contributed by atoms with Crippen LogP contribution in [0.25, 0.3) is 0 Å². The van der Waals surface area contributed by atoms with Crippen molar-refractivity contribution in [2.75, 3.05) is 27.3 Å². The van der Waals surface area contributed by atoms with Gasteiger partial charge in [0.15, 0.2) is 11.5 Å². The third kappa shape index (κ3) is 6.14. The van der Waals surface area contributed by atoms with Gasteiger partial charge in [0.05, 0.1) is 33.7 Å². The first kappa shape index (κ1) is 19.4. The Morgan fingerprint density at radius 1 is 1.29 bits per heavy atom. The zero-order valence-electron chi connectivity index (χ0n) is 11.8. The Bertz CT molecular complexity index is 473. The predicted molar refractivity (Wildman–Crippen MR) is 77.5 cm³/mol. The third-order valence-corrected chi connectivity index (χ3v) is 2.66. The van der Waals surface area contributed by atoms with Crippen molar-refractivity contribution in [2.45, 2.75) is 12.3 Å². The Morgan fingerprint density at radius 3 is 2.43 bits per heavy atom. The molecule has 0 spiro atoms. The van der Waals surface area contributed by atoms with E-state index < -0.39 is 24.9 Å². The van der Waals surface area contributed by atoms with Crippen molar-refractivity contribution < 1.29 is 23.0 Å². The van der Waals surface area contributed by atoms with Gasteiger partial charge in [-0.05, 0) is 17.7 Å². The van der Waals surface area contributed by atoms with E-state index in [1.807, 2.05) is 0 Å². The summed E-state index contributed by atoms with van der Waals surface area (Å²) in [6.07, 6.45) is -0.0268. The molecule has 0 bridgehead atoms. The minimum Gasteiger partial charge on any atom is -0.493 e. The van der Waals surface area contributed by atoms with Crippen LogP contribution in [-0.2, 0) is 11.2 Å². The number of benzene rings is 1. The lowest BCUT2D eigenvalue weighted by Gasteiger charge is -2.14. The fourth-order valence-corrected chi connectivity index (χ4v) is 1.54. The molecule has 1 aromatic carbocycles. The van der Waals surface area contributed by atoms with Gasteiger partial charge >= 0.3 is 0 Å². The first-order valence-electron chi connectivity index (χ1n) is 5.97. The van der Waals surface area contributed by atoms with Gasteiger partial charge in [0.2, 0.25) is 5.91 Å². The number of halogens is 3. The lowest BCUT2D eigenvalue weighted by molar-refractivity contribution is -0.122. The maximum absolute atomic E-state index is 12.9. The molecule has 0 aliphatic carbocycles. The maximum atomic E-state index is 12.9. The van der Waals surface area contributed by atoms with E-state index in [1.165, 1.54) is 14.2 Å². The van der Waals surface area contributed by atoms with Gasteiger partial charge in [-0.2, -0.15) is 0 Å². The molecule has 1 rings (SSSR count). The second-order valence-electron chi connectivity index (χ2n) is 4.20. The summed E-state index contributed by atoms with van der Waals surface area (Å²) in [4.78, 5) is 11.6. The van der Waals surface area contributed by atoms with E-state index in [9.17, 15) is 13.6 Å². The van der Waals surface area contributed by atoms with Gasteiger partial charge in [-0.15, -0.1) is 12.4 Å². The third-order valence-electron chi connectivity index (χ3n) is 2.66. The Kier molecular flexibility index (Phi) is 7.98. The minimum absolute atomic E-state index is 0. The summed E-state index contributed by atoms with van der Waals surface area (Å²) < 4.78 is 35.9. The Labute approximate surface area is 128 Å². The van der Waals surface area contributed by atoms with Gasteiger partial charge in [0.25, 0.3) is 5.92 Å².